The second-order valence-electron chi connectivity index (χ2n) is 7.58. The van der Waals surface area contributed by atoms with Crippen LogP contribution < -0.4 is 5.32 Å². The van der Waals surface area contributed by atoms with Gasteiger partial charge < -0.3 is 24.3 Å². The molecule has 162 valence electrons. The summed E-state index contributed by atoms with van der Waals surface area (Å²) in [7, 11) is 0. The van der Waals surface area contributed by atoms with Crippen molar-refractivity contribution >= 4 is 16.9 Å². The van der Waals surface area contributed by atoms with Crippen LogP contribution in [0.2, 0.25) is 0 Å². The summed E-state index contributed by atoms with van der Waals surface area (Å²) in [5, 5.41) is 12.9. The number of benzene rings is 2. The molecule has 0 fully saturated rings. The number of hydrogen-bond acceptors (Lipinski definition) is 5. The Hall–Kier alpha value is -3.09. The number of ether oxygens (including phenoxy) is 2. The maximum absolute atomic E-state index is 12.9. The minimum atomic E-state index is -0.542. The third kappa shape index (κ3) is 5.34. The SMILES string of the molecule is O=C(NCc1ccccc1)C1=CC(c2coc3ccccc23)CC(OCCCCO)O1. The van der Waals surface area contributed by atoms with Gasteiger partial charge >= 0.3 is 0 Å². The summed E-state index contributed by atoms with van der Waals surface area (Å²) in [6, 6.07) is 17.6. The van der Waals surface area contributed by atoms with Crippen LogP contribution in [0.4, 0.5) is 0 Å². The number of allylic oxidation sites excluding steroid dienone is 1. The zero-order chi connectivity index (χ0) is 21.5. The summed E-state index contributed by atoms with van der Waals surface area (Å²) in [5.74, 6) is -0.0901. The molecule has 2 unspecified atom stereocenters. The van der Waals surface area contributed by atoms with E-state index in [0.717, 1.165) is 28.5 Å². The Balaban J connectivity index is 1.52. The Bertz CT molecular complexity index is 1030. The molecule has 2 aromatic carbocycles. The van der Waals surface area contributed by atoms with Gasteiger partial charge in [-0.1, -0.05) is 48.5 Å². The van der Waals surface area contributed by atoms with Crippen LogP contribution in [0.3, 0.4) is 0 Å². The first-order chi connectivity index (χ1) is 15.2. The van der Waals surface area contributed by atoms with Crippen molar-refractivity contribution in [1.29, 1.82) is 0 Å². The van der Waals surface area contributed by atoms with E-state index in [1.54, 1.807) is 6.26 Å². The van der Waals surface area contributed by atoms with Gasteiger partial charge in [-0.05, 0) is 30.5 Å². The molecule has 0 spiro atoms. The minimum absolute atomic E-state index is 0.0716. The van der Waals surface area contributed by atoms with Gasteiger partial charge in [0.05, 0.1) is 12.9 Å². The molecule has 1 aliphatic heterocycles. The predicted molar refractivity (Wildman–Crippen MR) is 117 cm³/mol. The fraction of sp³-hybridized carbons (Fsp3) is 0.320. The quantitative estimate of drug-likeness (QED) is 0.505. The molecule has 0 saturated heterocycles. The van der Waals surface area contributed by atoms with Crippen molar-refractivity contribution in [3.63, 3.8) is 0 Å². The number of aliphatic hydroxyl groups is 1. The van der Waals surface area contributed by atoms with E-state index in [4.69, 9.17) is 19.0 Å². The Morgan fingerprint density at radius 3 is 2.74 bits per heavy atom. The number of nitrogens with one attached hydrogen (secondary N) is 1. The highest BCUT2D eigenvalue weighted by molar-refractivity contribution is 5.92. The van der Waals surface area contributed by atoms with Gasteiger partial charge in [-0.25, -0.2) is 0 Å². The van der Waals surface area contributed by atoms with Crippen LogP contribution in [-0.4, -0.2) is 30.5 Å². The number of hydrogen-bond donors (Lipinski definition) is 2. The lowest BCUT2D eigenvalue weighted by Gasteiger charge is -2.29. The zero-order valence-corrected chi connectivity index (χ0v) is 17.3. The molecule has 4 rings (SSSR count). The molecule has 0 aliphatic carbocycles. The maximum atomic E-state index is 12.9. The molecule has 2 heterocycles. The van der Waals surface area contributed by atoms with Crippen molar-refractivity contribution in [2.75, 3.05) is 13.2 Å². The van der Waals surface area contributed by atoms with Crippen molar-refractivity contribution in [3.05, 3.63) is 83.8 Å². The average molecular weight is 421 g/mol. The van der Waals surface area contributed by atoms with E-state index in [1.165, 1.54) is 0 Å². The van der Waals surface area contributed by atoms with Crippen LogP contribution in [-0.2, 0) is 20.8 Å². The lowest BCUT2D eigenvalue weighted by molar-refractivity contribution is -0.146. The number of carbonyl (C=O) groups excluding carboxylic acids is 1. The highest BCUT2D eigenvalue weighted by Crippen LogP contribution is 2.36. The number of para-hydroxylation sites is 1. The molecular formula is C25H27NO5. The first kappa shape index (κ1) is 21.2. The summed E-state index contributed by atoms with van der Waals surface area (Å²) >= 11 is 0. The first-order valence-corrected chi connectivity index (χ1v) is 10.6. The highest BCUT2D eigenvalue weighted by atomic mass is 16.7. The number of unbranched alkanes of at least 4 members (excludes halogenated alkanes) is 1. The average Bonchev–Trinajstić information content (AvgIpc) is 3.25. The van der Waals surface area contributed by atoms with E-state index in [9.17, 15) is 4.79 Å². The molecule has 0 radical (unpaired) electrons. The molecule has 0 saturated carbocycles. The number of rotatable bonds is 9. The fourth-order valence-electron chi connectivity index (χ4n) is 3.71. The van der Waals surface area contributed by atoms with Crippen molar-refractivity contribution in [2.24, 2.45) is 0 Å². The topological polar surface area (TPSA) is 80.9 Å². The van der Waals surface area contributed by atoms with Crippen LogP contribution in [0.25, 0.3) is 11.0 Å². The summed E-state index contributed by atoms with van der Waals surface area (Å²) in [4.78, 5) is 12.9. The largest absolute Gasteiger partial charge is 0.464 e. The van der Waals surface area contributed by atoms with Gasteiger partial charge in [0.25, 0.3) is 5.91 Å². The van der Waals surface area contributed by atoms with Crippen molar-refractivity contribution in [2.45, 2.75) is 38.0 Å². The highest BCUT2D eigenvalue weighted by Gasteiger charge is 2.30. The van der Waals surface area contributed by atoms with Gasteiger partial charge in [0.15, 0.2) is 5.76 Å². The summed E-state index contributed by atoms with van der Waals surface area (Å²) < 4.78 is 17.5. The molecular weight excluding hydrogens is 394 g/mol. The van der Waals surface area contributed by atoms with Crippen molar-refractivity contribution in [1.82, 2.24) is 5.32 Å². The fourth-order valence-corrected chi connectivity index (χ4v) is 3.71. The zero-order valence-electron chi connectivity index (χ0n) is 17.3. The van der Waals surface area contributed by atoms with Gasteiger partial charge in [0.1, 0.15) is 5.58 Å². The lowest BCUT2D eigenvalue weighted by atomic mass is 9.92. The van der Waals surface area contributed by atoms with Crippen LogP contribution in [0, 0.1) is 0 Å². The van der Waals surface area contributed by atoms with E-state index in [-0.39, 0.29) is 24.2 Å². The van der Waals surface area contributed by atoms with E-state index >= 15 is 0 Å². The number of carbonyl (C=O) groups is 1. The standard InChI is InChI=1S/C25H27NO5/c27-12-6-7-13-29-24-15-19(21-17-30-22-11-5-4-10-20(21)22)14-23(31-24)25(28)26-16-18-8-2-1-3-9-18/h1-5,8-11,14,17,19,24,27H,6-7,12-13,15-16H2,(H,26,28). The van der Waals surface area contributed by atoms with Gasteiger partial charge in [-0.2, -0.15) is 0 Å². The minimum Gasteiger partial charge on any atom is -0.464 e. The van der Waals surface area contributed by atoms with Gasteiger partial charge in [-0.15, -0.1) is 0 Å². The number of fused-ring (bicyclic) bond motifs is 1. The predicted octanol–water partition coefficient (Wildman–Crippen LogP) is 4.25. The molecule has 2 N–H and O–H groups in total. The molecule has 1 amide bonds. The molecule has 6 heteroatoms. The van der Waals surface area contributed by atoms with Crippen molar-refractivity contribution < 1.29 is 23.8 Å². The van der Waals surface area contributed by atoms with E-state index in [1.807, 2.05) is 60.7 Å². The second-order valence-corrected chi connectivity index (χ2v) is 7.58. The van der Waals surface area contributed by atoms with Crippen LogP contribution in [0.15, 0.2) is 77.1 Å². The summed E-state index contributed by atoms with van der Waals surface area (Å²) in [6.07, 6.45) is 5.04. The second kappa shape index (κ2) is 10.3. The van der Waals surface area contributed by atoms with Crippen molar-refractivity contribution in [3.8, 4) is 0 Å². The van der Waals surface area contributed by atoms with E-state index in [2.05, 4.69) is 5.32 Å². The van der Waals surface area contributed by atoms with Crippen LogP contribution >= 0.6 is 0 Å². The Morgan fingerprint density at radius 2 is 1.90 bits per heavy atom. The summed E-state index contributed by atoms with van der Waals surface area (Å²) in [6.45, 7) is 1.01. The third-order valence-electron chi connectivity index (χ3n) is 5.34. The molecule has 3 aromatic rings. The number of amides is 1. The Labute approximate surface area is 181 Å². The maximum Gasteiger partial charge on any atom is 0.286 e. The smallest absolute Gasteiger partial charge is 0.286 e. The normalized spacial score (nSPS) is 18.4. The Kier molecular flexibility index (Phi) is 7.02. The van der Waals surface area contributed by atoms with Gasteiger partial charge in [0.2, 0.25) is 6.29 Å². The molecule has 1 aliphatic rings. The summed E-state index contributed by atoms with van der Waals surface area (Å²) in [5.41, 5.74) is 2.84. The van der Waals surface area contributed by atoms with E-state index in [0.29, 0.717) is 26.0 Å². The first-order valence-electron chi connectivity index (χ1n) is 10.6. The molecule has 0 bridgehead atoms. The third-order valence-corrected chi connectivity index (χ3v) is 5.34. The molecule has 31 heavy (non-hydrogen) atoms. The molecule has 6 nitrogen and oxygen atoms in total. The molecule has 2 atom stereocenters. The monoisotopic (exact) mass is 421 g/mol. The van der Waals surface area contributed by atoms with E-state index < -0.39 is 6.29 Å². The number of aliphatic hydroxyl groups excluding tert-OH is 1. The van der Waals surface area contributed by atoms with Gasteiger partial charge in [0, 0.05) is 36.4 Å². The Morgan fingerprint density at radius 1 is 1.10 bits per heavy atom. The van der Waals surface area contributed by atoms with Crippen LogP contribution in [0.1, 0.15) is 36.3 Å². The molecule has 1 aromatic heterocycles. The van der Waals surface area contributed by atoms with Gasteiger partial charge in [-0.3, -0.25) is 4.79 Å². The lowest BCUT2D eigenvalue weighted by Crippen LogP contribution is -2.32. The van der Waals surface area contributed by atoms with Crippen LogP contribution in [0.5, 0.6) is 0 Å². The number of furan rings is 1.